The SMILES string of the molecule is O=C(CCCN1CCOCC1)N1C[C@H]2CC[C@@H](C1)NC2. The molecule has 1 amide bonds. The predicted molar refractivity (Wildman–Crippen MR) is 77.6 cm³/mol. The second-order valence-electron chi connectivity index (χ2n) is 6.40. The quantitative estimate of drug-likeness (QED) is 0.805. The van der Waals surface area contributed by atoms with Crippen molar-refractivity contribution in [2.45, 2.75) is 31.7 Å². The molecule has 4 aliphatic heterocycles. The van der Waals surface area contributed by atoms with Crippen molar-refractivity contribution in [3.63, 3.8) is 0 Å². The Bertz CT molecular complexity index is 309. The first-order chi connectivity index (χ1) is 9.81. The molecule has 4 fully saturated rings. The van der Waals surface area contributed by atoms with Crippen LogP contribution in [0.5, 0.6) is 0 Å². The molecule has 20 heavy (non-hydrogen) atoms. The molecule has 4 rings (SSSR count). The van der Waals surface area contributed by atoms with E-state index in [4.69, 9.17) is 4.74 Å². The van der Waals surface area contributed by atoms with Gasteiger partial charge in [0, 0.05) is 38.6 Å². The standard InChI is InChI=1S/C15H27N3O2/c19-15(2-1-5-17-6-8-20-9-7-17)18-11-13-3-4-14(12-18)16-10-13/h13-14,16H,1-12H2/t13-,14-/m0/s1. The number of nitrogens with one attached hydrogen (secondary N) is 1. The number of carbonyl (C=O) groups is 1. The first-order valence-electron chi connectivity index (χ1n) is 8.12. The molecule has 0 aromatic carbocycles. The first kappa shape index (κ1) is 14.3. The maximum Gasteiger partial charge on any atom is 0.222 e. The van der Waals surface area contributed by atoms with Gasteiger partial charge in [-0.3, -0.25) is 9.69 Å². The van der Waals surface area contributed by atoms with E-state index in [0.717, 1.165) is 58.9 Å². The van der Waals surface area contributed by atoms with E-state index < -0.39 is 0 Å². The number of hydrogen-bond donors (Lipinski definition) is 1. The highest BCUT2D eigenvalue weighted by atomic mass is 16.5. The number of ether oxygens (including phenoxy) is 1. The first-order valence-corrected chi connectivity index (χ1v) is 8.12. The maximum absolute atomic E-state index is 12.4. The van der Waals surface area contributed by atoms with E-state index in [9.17, 15) is 4.79 Å². The van der Waals surface area contributed by atoms with Crippen molar-refractivity contribution >= 4 is 5.91 Å². The number of fused-ring (bicyclic) bond motifs is 4. The Kier molecular flexibility index (Phi) is 4.91. The predicted octanol–water partition coefficient (Wildman–Crippen LogP) is 0.309. The second-order valence-corrected chi connectivity index (χ2v) is 6.40. The van der Waals surface area contributed by atoms with Crippen molar-refractivity contribution in [3.05, 3.63) is 0 Å². The van der Waals surface area contributed by atoms with Crippen LogP contribution < -0.4 is 5.32 Å². The lowest BCUT2D eigenvalue weighted by Crippen LogP contribution is -2.41. The second kappa shape index (κ2) is 6.87. The molecule has 1 N–H and O–H groups in total. The molecule has 2 atom stereocenters. The van der Waals surface area contributed by atoms with Crippen molar-refractivity contribution in [3.8, 4) is 0 Å². The molecule has 0 aliphatic carbocycles. The number of rotatable bonds is 4. The van der Waals surface area contributed by atoms with Crippen LogP contribution >= 0.6 is 0 Å². The van der Waals surface area contributed by atoms with Gasteiger partial charge in [0.2, 0.25) is 5.91 Å². The molecule has 114 valence electrons. The maximum atomic E-state index is 12.4. The largest absolute Gasteiger partial charge is 0.379 e. The molecule has 0 saturated carbocycles. The molecule has 2 bridgehead atoms. The van der Waals surface area contributed by atoms with Gasteiger partial charge in [-0.05, 0) is 38.3 Å². The summed E-state index contributed by atoms with van der Waals surface area (Å²) in [5, 5.41) is 3.56. The van der Waals surface area contributed by atoms with E-state index in [1.165, 1.54) is 12.8 Å². The Hall–Kier alpha value is -0.650. The topological polar surface area (TPSA) is 44.8 Å². The van der Waals surface area contributed by atoms with Crippen LogP contribution in [0.4, 0.5) is 0 Å². The van der Waals surface area contributed by atoms with Gasteiger partial charge in [0.15, 0.2) is 0 Å². The summed E-state index contributed by atoms with van der Waals surface area (Å²) in [5.74, 6) is 1.04. The average Bonchev–Trinajstić information content (AvgIpc) is 2.82. The molecule has 0 radical (unpaired) electrons. The number of piperidine rings is 1. The molecular weight excluding hydrogens is 254 g/mol. The van der Waals surface area contributed by atoms with Crippen molar-refractivity contribution in [2.75, 3.05) is 52.5 Å². The van der Waals surface area contributed by atoms with E-state index >= 15 is 0 Å². The van der Waals surface area contributed by atoms with Gasteiger partial charge >= 0.3 is 0 Å². The Labute approximate surface area is 121 Å². The average molecular weight is 281 g/mol. The van der Waals surface area contributed by atoms with E-state index in [2.05, 4.69) is 15.1 Å². The number of carbonyl (C=O) groups excluding carboxylic acids is 1. The Morgan fingerprint density at radius 2 is 2.05 bits per heavy atom. The number of amides is 1. The Balaban J connectivity index is 1.40. The van der Waals surface area contributed by atoms with Crippen molar-refractivity contribution in [2.24, 2.45) is 5.92 Å². The molecule has 5 heteroatoms. The van der Waals surface area contributed by atoms with Crippen molar-refractivity contribution < 1.29 is 9.53 Å². The van der Waals surface area contributed by atoms with Crippen LogP contribution in [-0.4, -0.2) is 74.2 Å². The van der Waals surface area contributed by atoms with Crippen LogP contribution in [0.25, 0.3) is 0 Å². The van der Waals surface area contributed by atoms with Gasteiger partial charge in [-0.25, -0.2) is 0 Å². The zero-order valence-corrected chi connectivity index (χ0v) is 12.4. The summed E-state index contributed by atoms with van der Waals surface area (Å²) < 4.78 is 5.34. The van der Waals surface area contributed by atoms with Gasteiger partial charge in [0.05, 0.1) is 13.2 Å². The third kappa shape index (κ3) is 3.71. The summed E-state index contributed by atoms with van der Waals surface area (Å²) in [6.07, 6.45) is 4.21. The summed E-state index contributed by atoms with van der Waals surface area (Å²) in [6.45, 7) is 7.76. The summed E-state index contributed by atoms with van der Waals surface area (Å²) in [7, 11) is 0. The monoisotopic (exact) mass is 281 g/mol. The summed E-state index contributed by atoms with van der Waals surface area (Å²) >= 11 is 0. The zero-order chi connectivity index (χ0) is 13.8. The highest BCUT2D eigenvalue weighted by Gasteiger charge is 2.30. The van der Waals surface area contributed by atoms with E-state index in [0.29, 0.717) is 24.3 Å². The smallest absolute Gasteiger partial charge is 0.222 e. The molecule has 5 nitrogen and oxygen atoms in total. The molecule has 0 unspecified atom stereocenters. The summed E-state index contributed by atoms with van der Waals surface area (Å²) in [5.41, 5.74) is 0. The Morgan fingerprint density at radius 1 is 1.20 bits per heavy atom. The van der Waals surface area contributed by atoms with Crippen molar-refractivity contribution in [1.82, 2.24) is 15.1 Å². The highest BCUT2D eigenvalue weighted by Crippen LogP contribution is 2.22. The molecule has 4 heterocycles. The van der Waals surface area contributed by atoms with E-state index in [1.807, 2.05) is 0 Å². The van der Waals surface area contributed by atoms with Crippen LogP contribution in [0.15, 0.2) is 0 Å². The Morgan fingerprint density at radius 3 is 2.80 bits per heavy atom. The lowest BCUT2D eigenvalue weighted by molar-refractivity contribution is -0.131. The lowest BCUT2D eigenvalue weighted by atomic mass is 9.97. The van der Waals surface area contributed by atoms with Crippen LogP contribution in [-0.2, 0) is 9.53 Å². The van der Waals surface area contributed by atoms with E-state index in [1.54, 1.807) is 0 Å². The lowest BCUT2D eigenvalue weighted by Gasteiger charge is -2.27. The van der Waals surface area contributed by atoms with Crippen LogP contribution in [0, 0.1) is 5.92 Å². The molecule has 0 aromatic heterocycles. The zero-order valence-electron chi connectivity index (χ0n) is 12.4. The van der Waals surface area contributed by atoms with Gasteiger partial charge in [0.25, 0.3) is 0 Å². The minimum atomic E-state index is 0.360. The van der Waals surface area contributed by atoms with Crippen LogP contribution in [0.3, 0.4) is 0 Å². The fourth-order valence-electron chi connectivity index (χ4n) is 3.58. The summed E-state index contributed by atoms with van der Waals surface area (Å²) in [6, 6.07) is 0.539. The normalized spacial score (nSPS) is 31.3. The van der Waals surface area contributed by atoms with Gasteiger partial charge in [-0.2, -0.15) is 0 Å². The van der Waals surface area contributed by atoms with Gasteiger partial charge < -0.3 is 15.0 Å². The highest BCUT2D eigenvalue weighted by molar-refractivity contribution is 5.76. The fraction of sp³-hybridized carbons (Fsp3) is 0.933. The molecule has 0 aromatic rings. The molecule has 4 saturated heterocycles. The third-order valence-corrected chi connectivity index (χ3v) is 4.86. The van der Waals surface area contributed by atoms with Crippen molar-refractivity contribution in [1.29, 1.82) is 0 Å². The van der Waals surface area contributed by atoms with E-state index in [-0.39, 0.29) is 0 Å². The van der Waals surface area contributed by atoms with Crippen LogP contribution in [0.1, 0.15) is 25.7 Å². The number of hydrogen-bond acceptors (Lipinski definition) is 4. The van der Waals surface area contributed by atoms with Crippen LogP contribution in [0.2, 0.25) is 0 Å². The molecule has 0 spiro atoms. The number of nitrogens with zero attached hydrogens (tertiary/aromatic N) is 2. The fourth-order valence-corrected chi connectivity index (χ4v) is 3.58. The molecule has 4 aliphatic rings. The third-order valence-electron chi connectivity index (χ3n) is 4.86. The minimum Gasteiger partial charge on any atom is -0.379 e. The van der Waals surface area contributed by atoms with Gasteiger partial charge in [-0.15, -0.1) is 0 Å². The minimum absolute atomic E-state index is 0.360. The van der Waals surface area contributed by atoms with Gasteiger partial charge in [-0.1, -0.05) is 0 Å². The number of morpholine rings is 1. The van der Waals surface area contributed by atoms with Gasteiger partial charge in [0.1, 0.15) is 0 Å². The molecular formula is C15H27N3O2. The summed E-state index contributed by atoms with van der Waals surface area (Å²) in [4.78, 5) is 16.9.